The molecule has 0 radical (unpaired) electrons. The van der Waals surface area contributed by atoms with Crippen molar-refractivity contribution >= 4 is 43.3 Å². The summed E-state index contributed by atoms with van der Waals surface area (Å²) >= 11 is 0. The maximum absolute atomic E-state index is 6.52. The van der Waals surface area contributed by atoms with E-state index < -0.39 is 0 Å². The van der Waals surface area contributed by atoms with Gasteiger partial charge in [0.1, 0.15) is 11.3 Å². The van der Waals surface area contributed by atoms with Crippen molar-refractivity contribution in [2.45, 2.75) is 0 Å². The Morgan fingerprint density at radius 3 is 1.19 bits per heavy atom. The number of fused-ring (bicyclic) bond motifs is 1. The van der Waals surface area contributed by atoms with Crippen LogP contribution in [0.2, 0.25) is 0 Å². The number of hydrogen-bond acceptors (Lipinski definition) is 1. The Labute approximate surface area is 249 Å². The van der Waals surface area contributed by atoms with Gasteiger partial charge in [-0.25, -0.2) is 0 Å². The van der Waals surface area contributed by atoms with Crippen LogP contribution in [0, 0.1) is 0 Å². The Morgan fingerprint density at radius 2 is 0.721 bits per heavy atom. The highest BCUT2D eigenvalue weighted by atomic mass is 16.3. The van der Waals surface area contributed by atoms with Gasteiger partial charge in [0, 0.05) is 10.9 Å². The predicted molar refractivity (Wildman–Crippen MR) is 182 cm³/mol. The second kappa shape index (κ2) is 9.44. The van der Waals surface area contributed by atoms with Crippen LogP contribution in [0.25, 0.3) is 88.0 Å². The average molecular weight is 547 g/mol. The molecule has 0 aliphatic carbocycles. The Morgan fingerprint density at radius 1 is 0.326 bits per heavy atom. The average Bonchev–Trinajstić information content (AvgIpc) is 3.52. The lowest BCUT2D eigenvalue weighted by molar-refractivity contribution is 0.632. The third kappa shape index (κ3) is 3.72. The molecule has 1 heteroatoms. The lowest BCUT2D eigenvalue weighted by Gasteiger charge is -2.21. The molecule has 9 rings (SSSR count). The normalized spacial score (nSPS) is 11.7. The fraction of sp³-hybridized carbons (Fsp3) is 0. The molecule has 0 aliphatic rings. The van der Waals surface area contributed by atoms with E-state index in [-0.39, 0.29) is 0 Å². The van der Waals surface area contributed by atoms with E-state index >= 15 is 0 Å². The highest BCUT2D eigenvalue weighted by Crippen LogP contribution is 2.48. The van der Waals surface area contributed by atoms with Gasteiger partial charge in [-0.15, -0.1) is 0 Å². The van der Waals surface area contributed by atoms with Gasteiger partial charge in [-0.1, -0.05) is 133 Å². The van der Waals surface area contributed by atoms with Gasteiger partial charge in [0.05, 0.1) is 0 Å². The molecule has 0 spiro atoms. The lowest BCUT2D eigenvalue weighted by Crippen LogP contribution is -1.94. The van der Waals surface area contributed by atoms with Gasteiger partial charge >= 0.3 is 0 Å². The van der Waals surface area contributed by atoms with Gasteiger partial charge < -0.3 is 4.42 Å². The molecule has 8 aromatic carbocycles. The molecule has 43 heavy (non-hydrogen) atoms. The molecule has 0 amide bonds. The molecule has 0 bridgehead atoms. The topological polar surface area (TPSA) is 13.1 Å². The Balaban J connectivity index is 1.48. The van der Waals surface area contributed by atoms with Crippen LogP contribution in [0.1, 0.15) is 0 Å². The van der Waals surface area contributed by atoms with Crippen LogP contribution in [0.3, 0.4) is 0 Å². The van der Waals surface area contributed by atoms with E-state index in [1.54, 1.807) is 0 Å². The zero-order chi connectivity index (χ0) is 28.3. The summed E-state index contributed by atoms with van der Waals surface area (Å²) in [4.78, 5) is 0. The van der Waals surface area contributed by atoms with Crippen molar-refractivity contribution in [3.63, 3.8) is 0 Å². The lowest BCUT2D eigenvalue weighted by atomic mass is 9.82. The molecule has 0 aliphatic heterocycles. The van der Waals surface area contributed by atoms with E-state index in [1.807, 2.05) is 12.1 Å². The molecule has 0 unspecified atom stereocenters. The minimum atomic E-state index is 0.892. The quantitative estimate of drug-likeness (QED) is 0.200. The van der Waals surface area contributed by atoms with E-state index in [0.29, 0.717) is 0 Å². The minimum absolute atomic E-state index is 0.892. The first-order valence-electron chi connectivity index (χ1n) is 14.8. The van der Waals surface area contributed by atoms with Crippen LogP contribution in [0.5, 0.6) is 0 Å². The summed E-state index contributed by atoms with van der Waals surface area (Å²) in [7, 11) is 0. The maximum atomic E-state index is 6.52. The van der Waals surface area contributed by atoms with Crippen LogP contribution in [0.4, 0.5) is 0 Å². The second-order valence-corrected chi connectivity index (χ2v) is 11.3. The van der Waals surface area contributed by atoms with Crippen LogP contribution >= 0.6 is 0 Å². The van der Waals surface area contributed by atoms with Crippen molar-refractivity contribution in [1.82, 2.24) is 0 Å². The first kappa shape index (κ1) is 24.0. The van der Waals surface area contributed by atoms with Gasteiger partial charge in [-0.05, 0) is 90.0 Å². The van der Waals surface area contributed by atoms with Crippen molar-refractivity contribution in [3.8, 4) is 44.7 Å². The molecule has 9 aromatic rings. The van der Waals surface area contributed by atoms with Crippen LogP contribution in [0.15, 0.2) is 162 Å². The molecule has 200 valence electrons. The summed E-state index contributed by atoms with van der Waals surface area (Å²) in [6.07, 6.45) is 0. The third-order valence-corrected chi connectivity index (χ3v) is 8.84. The van der Waals surface area contributed by atoms with Crippen molar-refractivity contribution in [2.24, 2.45) is 0 Å². The zero-order valence-electron chi connectivity index (χ0n) is 23.4. The Hall–Kier alpha value is -5.66. The molecule has 0 saturated heterocycles. The highest BCUT2D eigenvalue weighted by Gasteiger charge is 2.21. The monoisotopic (exact) mass is 546 g/mol. The van der Waals surface area contributed by atoms with Gasteiger partial charge in [0.2, 0.25) is 0 Å². The van der Waals surface area contributed by atoms with E-state index in [2.05, 4.69) is 146 Å². The van der Waals surface area contributed by atoms with Crippen molar-refractivity contribution in [1.29, 1.82) is 0 Å². The van der Waals surface area contributed by atoms with Gasteiger partial charge in [-0.2, -0.15) is 0 Å². The molecule has 0 atom stereocenters. The van der Waals surface area contributed by atoms with E-state index in [1.165, 1.54) is 65.7 Å². The fourth-order valence-corrected chi connectivity index (χ4v) is 6.88. The van der Waals surface area contributed by atoms with Crippen LogP contribution < -0.4 is 0 Å². The van der Waals surface area contributed by atoms with Gasteiger partial charge in [-0.3, -0.25) is 0 Å². The van der Waals surface area contributed by atoms with Crippen molar-refractivity contribution in [3.05, 3.63) is 158 Å². The Kier molecular flexibility index (Phi) is 5.27. The van der Waals surface area contributed by atoms with Crippen molar-refractivity contribution < 1.29 is 4.42 Å². The van der Waals surface area contributed by atoms with Gasteiger partial charge in [0.15, 0.2) is 0 Å². The van der Waals surface area contributed by atoms with Crippen LogP contribution in [-0.2, 0) is 0 Å². The SMILES string of the molecule is c1ccc(-c2cc(-c3ccccc3)c3ccc4c(-c5cc6ccccc6o5)cc(-c5ccccc5)c5ccc2c3c54)cc1. The summed E-state index contributed by atoms with van der Waals surface area (Å²) in [6, 6.07) is 56.7. The number of para-hydroxylation sites is 1. The van der Waals surface area contributed by atoms with Crippen molar-refractivity contribution in [2.75, 3.05) is 0 Å². The molecule has 0 saturated carbocycles. The number of benzene rings is 8. The molecule has 1 nitrogen and oxygen atoms in total. The van der Waals surface area contributed by atoms with E-state index in [4.69, 9.17) is 4.42 Å². The smallest absolute Gasteiger partial charge is 0.136 e. The number of rotatable bonds is 4. The standard InChI is InChI=1S/C42H26O/c1-4-12-27(13-5-1)35-25-36(28-14-6-2-7-15-28)32-22-23-34-38(40-24-30-18-10-11-19-39(30)43-40)26-37(29-16-8-3-9-17-29)33-21-20-31(35)41(32)42(33)34/h1-26H. The third-order valence-electron chi connectivity index (χ3n) is 8.84. The first-order valence-corrected chi connectivity index (χ1v) is 14.8. The predicted octanol–water partition coefficient (Wildman–Crippen LogP) is 12.0. The van der Waals surface area contributed by atoms with Crippen LogP contribution in [-0.4, -0.2) is 0 Å². The molecule has 1 aromatic heterocycles. The summed E-state index contributed by atoms with van der Waals surface area (Å²) in [5, 5.41) is 8.67. The number of furan rings is 1. The van der Waals surface area contributed by atoms with E-state index in [9.17, 15) is 0 Å². The highest BCUT2D eigenvalue weighted by molar-refractivity contribution is 6.31. The molecule has 0 N–H and O–H groups in total. The molecule has 0 fully saturated rings. The molecular formula is C42H26O. The van der Waals surface area contributed by atoms with Gasteiger partial charge in [0.25, 0.3) is 0 Å². The minimum Gasteiger partial charge on any atom is -0.456 e. The summed E-state index contributed by atoms with van der Waals surface area (Å²) < 4.78 is 6.52. The zero-order valence-corrected chi connectivity index (χ0v) is 23.4. The summed E-state index contributed by atoms with van der Waals surface area (Å²) in [5.41, 5.74) is 9.37. The maximum Gasteiger partial charge on any atom is 0.136 e. The summed E-state index contributed by atoms with van der Waals surface area (Å²) in [5.74, 6) is 0.892. The number of hydrogen-bond donors (Lipinski definition) is 0. The largest absolute Gasteiger partial charge is 0.456 e. The second-order valence-electron chi connectivity index (χ2n) is 11.3. The Bertz CT molecular complexity index is 2320. The molecule has 1 heterocycles. The summed E-state index contributed by atoms with van der Waals surface area (Å²) in [6.45, 7) is 0. The fourth-order valence-electron chi connectivity index (χ4n) is 6.88. The van der Waals surface area contributed by atoms with E-state index in [0.717, 1.165) is 22.3 Å². The first-order chi connectivity index (χ1) is 21.3. The molecular weight excluding hydrogens is 520 g/mol.